The first-order valence-electron chi connectivity index (χ1n) is 10.7. The quantitative estimate of drug-likeness (QED) is 0.282. The highest BCUT2D eigenvalue weighted by atomic mass is 127. The Morgan fingerprint density at radius 3 is 2.38 bits per heavy atom. The summed E-state index contributed by atoms with van der Waals surface area (Å²) in [6.07, 6.45) is 4.74. The molecule has 2 N–H and O–H groups in total. The summed E-state index contributed by atoms with van der Waals surface area (Å²) >= 11 is 0. The van der Waals surface area contributed by atoms with Gasteiger partial charge in [0.15, 0.2) is 17.5 Å². The van der Waals surface area contributed by atoms with Gasteiger partial charge >= 0.3 is 0 Å². The molecule has 7 heteroatoms. The Balaban J connectivity index is 0.00000420. The van der Waals surface area contributed by atoms with Gasteiger partial charge in [0.25, 0.3) is 0 Å². The molecule has 0 spiro atoms. The van der Waals surface area contributed by atoms with Crippen molar-refractivity contribution in [3.63, 3.8) is 0 Å². The first kappa shape index (κ1) is 25.8. The maximum absolute atomic E-state index is 5.71. The monoisotopic (exact) mass is 518 g/mol. The zero-order chi connectivity index (χ0) is 20.2. The Bertz CT molecular complexity index is 604. The highest BCUT2D eigenvalue weighted by Crippen LogP contribution is 2.28. The van der Waals surface area contributed by atoms with Gasteiger partial charge in [-0.1, -0.05) is 6.07 Å². The maximum atomic E-state index is 5.71. The normalized spacial score (nSPS) is 15.5. The molecule has 166 valence electrons. The first-order valence-corrected chi connectivity index (χ1v) is 10.7. The van der Waals surface area contributed by atoms with Gasteiger partial charge in [0.05, 0.1) is 13.2 Å². The number of ether oxygens (including phenoxy) is 2. The van der Waals surface area contributed by atoms with Crippen LogP contribution in [-0.2, 0) is 6.42 Å². The minimum Gasteiger partial charge on any atom is -0.490 e. The van der Waals surface area contributed by atoms with Crippen LogP contribution in [0, 0.1) is 5.92 Å². The van der Waals surface area contributed by atoms with Crippen molar-refractivity contribution in [2.45, 2.75) is 39.5 Å². The van der Waals surface area contributed by atoms with Crippen LogP contribution in [0.2, 0.25) is 0 Å². The molecule has 0 amide bonds. The molecule has 0 atom stereocenters. The van der Waals surface area contributed by atoms with E-state index in [0.29, 0.717) is 13.2 Å². The second-order valence-corrected chi connectivity index (χ2v) is 7.36. The molecule has 1 aromatic carbocycles. The predicted molar refractivity (Wildman–Crippen MR) is 132 cm³/mol. The van der Waals surface area contributed by atoms with Gasteiger partial charge in [0.1, 0.15) is 0 Å². The standard InChI is InChI=1S/C22H38N4O2.HI/c1-5-27-20-8-7-19(17-21(20)28-6-2)10-14-25-22(23-3)24-13-9-18-11-15-26(4)16-12-18;/h7-8,17-18H,5-6,9-16H2,1-4H3,(H2,23,24,25);1H. The fourth-order valence-electron chi connectivity index (χ4n) is 3.54. The van der Waals surface area contributed by atoms with Gasteiger partial charge in [-0.05, 0) is 83.3 Å². The van der Waals surface area contributed by atoms with Gasteiger partial charge in [-0.15, -0.1) is 24.0 Å². The molecule has 1 aliphatic rings. The SMILES string of the molecule is CCOc1ccc(CCNC(=NC)NCCC2CCN(C)CC2)cc1OCC.I. The number of hydrogen-bond acceptors (Lipinski definition) is 4. The van der Waals surface area contributed by atoms with Crippen molar-refractivity contribution in [2.75, 3.05) is 53.5 Å². The number of guanidine groups is 1. The van der Waals surface area contributed by atoms with Crippen molar-refractivity contribution < 1.29 is 9.47 Å². The van der Waals surface area contributed by atoms with Gasteiger partial charge < -0.3 is 25.0 Å². The van der Waals surface area contributed by atoms with Crippen LogP contribution in [0.15, 0.2) is 23.2 Å². The van der Waals surface area contributed by atoms with Gasteiger partial charge in [0.2, 0.25) is 0 Å². The van der Waals surface area contributed by atoms with Crippen LogP contribution in [0.25, 0.3) is 0 Å². The summed E-state index contributed by atoms with van der Waals surface area (Å²) < 4.78 is 11.3. The molecule has 0 bridgehead atoms. The van der Waals surface area contributed by atoms with Crippen molar-refractivity contribution >= 4 is 29.9 Å². The number of likely N-dealkylation sites (tertiary alicyclic amines) is 1. The van der Waals surface area contributed by atoms with Crippen LogP contribution in [0.4, 0.5) is 0 Å². The summed E-state index contributed by atoms with van der Waals surface area (Å²) in [5, 5.41) is 6.86. The van der Waals surface area contributed by atoms with Crippen molar-refractivity contribution in [2.24, 2.45) is 10.9 Å². The van der Waals surface area contributed by atoms with Gasteiger partial charge in [-0.3, -0.25) is 4.99 Å². The third-order valence-electron chi connectivity index (χ3n) is 5.22. The zero-order valence-electron chi connectivity index (χ0n) is 18.5. The molecule has 1 fully saturated rings. The van der Waals surface area contributed by atoms with Crippen LogP contribution < -0.4 is 20.1 Å². The minimum absolute atomic E-state index is 0. The van der Waals surface area contributed by atoms with Crippen molar-refractivity contribution in [1.29, 1.82) is 0 Å². The number of nitrogens with one attached hydrogen (secondary N) is 2. The van der Waals surface area contributed by atoms with E-state index in [2.05, 4.69) is 39.7 Å². The summed E-state index contributed by atoms with van der Waals surface area (Å²) in [5.41, 5.74) is 1.22. The Hall–Kier alpha value is -1.22. The zero-order valence-corrected chi connectivity index (χ0v) is 20.8. The number of nitrogens with zero attached hydrogens (tertiary/aromatic N) is 2. The van der Waals surface area contributed by atoms with E-state index in [1.165, 1.54) is 37.9 Å². The third-order valence-corrected chi connectivity index (χ3v) is 5.22. The lowest BCUT2D eigenvalue weighted by Crippen LogP contribution is -2.39. The van der Waals surface area contributed by atoms with E-state index in [1.54, 1.807) is 0 Å². The number of hydrogen-bond donors (Lipinski definition) is 2. The number of piperidine rings is 1. The molecular formula is C22H39IN4O2. The largest absolute Gasteiger partial charge is 0.490 e. The molecule has 2 rings (SSSR count). The lowest BCUT2D eigenvalue weighted by Gasteiger charge is -2.29. The maximum Gasteiger partial charge on any atom is 0.190 e. The summed E-state index contributed by atoms with van der Waals surface area (Å²) in [7, 11) is 4.04. The summed E-state index contributed by atoms with van der Waals surface area (Å²) in [6.45, 7) is 9.51. The van der Waals surface area contributed by atoms with Crippen LogP contribution in [0.1, 0.15) is 38.7 Å². The number of aliphatic imine (C=N–C) groups is 1. The molecule has 0 unspecified atom stereocenters. The van der Waals surface area contributed by atoms with Crippen LogP contribution in [-0.4, -0.2) is 64.3 Å². The average Bonchev–Trinajstić information content (AvgIpc) is 2.70. The highest BCUT2D eigenvalue weighted by molar-refractivity contribution is 14.0. The lowest BCUT2D eigenvalue weighted by atomic mass is 9.94. The Morgan fingerprint density at radius 2 is 1.72 bits per heavy atom. The number of halogens is 1. The molecular weight excluding hydrogens is 479 g/mol. The van der Waals surface area contributed by atoms with E-state index >= 15 is 0 Å². The van der Waals surface area contributed by atoms with Crippen LogP contribution in [0.5, 0.6) is 11.5 Å². The van der Waals surface area contributed by atoms with Gasteiger partial charge in [0, 0.05) is 20.1 Å². The summed E-state index contributed by atoms with van der Waals surface area (Å²) in [5.74, 6) is 3.35. The van der Waals surface area contributed by atoms with E-state index in [9.17, 15) is 0 Å². The van der Waals surface area contributed by atoms with E-state index in [4.69, 9.17) is 9.47 Å². The smallest absolute Gasteiger partial charge is 0.190 e. The lowest BCUT2D eigenvalue weighted by molar-refractivity contribution is 0.213. The van der Waals surface area contributed by atoms with Gasteiger partial charge in [-0.25, -0.2) is 0 Å². The molecule has 29 heavy (non-hydrogen) atoms. The first-order chi connectivity index (χ1) is 13.7. The fraction of sp³-hybridized carbons (Fsp3) is 0.682. The van der Waals surface area contributed by atoms with E-state index < -0.39 is 0 Å². The molecule has 6 nitrogen and oxygen atoms in total. The molecule has 1 saturated heterocycles. The van der Waals surface area contributed by atoms with Crippen LogP contribution >= 0.6 is 24.0 Å². The number of rotatable bonds is 10. The minimum atomic E-state index is 0. The third kappa shape index (κ3) is 9.42. The predicted octanol–water partition coefficient (Wildman–Crippen LogP) is 3.54. The van der Waals surface area contributed by atoms with Crippen molar-refractivity contribution in [1.82, 2.24) is 15.5 Å². The fourth-order valence-corrected chi connectivity index (χ4v) is 3.54. The van der Waals surface area contributed by atoms with Crippen molar-refractivity contribution in [3.05, 3.63) is 23.8 Å². The Labute approximate surface area is 193 Å². The molecule has 1 aliphatic heterocycles. The van der Waals surface area contributed by atoms with Crippen LogP contribution in [0.3, 0.4) is 0 Å². The molecule has 1 heterocycles. The Morgan fingerprint density at radius 1 is 1.07 bits per heavy atom. The second kappa shape index (κ2) is 14.7. The number of benzene rings is 1. The topological polar surface area (TPSA) is 58.1 Å². The molecule has 0 radical (unpaired) electrons. The molecule has 1 aromatic rings. The molecule has 0 aliphatic carbocycles. The summed E-state index contributed by atoms with van der Waals surface area (Å²) in [4.78, 5) is 6.76. The van der Waals surface area contributed by atoms with E-state index in [-0.39, 0.29) is 24.0 Å². The van der Waals surface area contributed by atoms with Crippen molar-refractivity contribution in [3.8, 4) is 11.5 Å². The second-order valence-electron chi connectivity index (χ2n) is 7.36. The molecule has 0 saturated carbocycles. The van der Waals surface area contributed by atoms with Gasteiger partial charge in [-0.2, -0.15) is 0 Å². The Kier molecular flexibility index (Phi) is 13.1. The highest BCUT2D eigenvalue weighted by Gasteiger charge is 2.16. The van der Waals surface area contributed by atoms with E-state index in [0.717, 1.165) is 42.9 Å². The average molecular weight is 518 g/mol. The van der Waals surface area contributed by atoms with E-state index in [1.807, 2.05) is 27.0 Å². The summed E-state index contributed by atoms with van der Waals surface area (Å²) in [6, 6.07) is 6.18. The molecule has 0 aromatic heterocycles.